The molecule has 1 aromatic carbocycles. The zero-order valence-electron chi connectivity index (χ0n) is 7.17. The number of carboxylic acids is 1. The van der Waals surface area contributed by atoms with Crippen molar-refractivity contribution < 1.29 is 24.6 Å². The summed E-state index contributed by atoms with van der Waals surface area (Å²) < 4.78 is 4.73. The van der Waals surface area contributed by atoms with Gasteiger partial charge >= 0.3 is 12.7 Å². The lowest BCUT2D eigenvalue weighted by atomic mass is 9.70. The highest BCUT2D eigenvalue weighted by molar-refractivity contribution is 6.74. The number of aromatic carboxylic acids is 1. The molecular weight excluding hydrogens is 187 g/mol. The van der Waals surface area contributed by atoms with E-state index in [0.717, 1.165) is 0 Å². The van der Waals surface area contributed by atoms with E-state index in [-0.39, 0.29) is 17.6 Å². The smallest absolute Gasteiger partial charge is 0.405 e. The van der Waals surface area contributed by atoms with Crippen LogP contribution in [0.5, 0.6) is 0 Å². The molecule has 0 saturated carbocycles. The van der Waals surface area contributed by atoms with Gasteiger partial charge in [0.2, 0.25) is 0 Å². The van der Waals surface area contributed by atoms with E-state index < -0.39 is 12.7 Å². The van der Waals surface area contributed by atoms with Crippen LogP contribution in [-0.4, -0.2) is 27.9 Å². The Morgan fingerprint density at radius 1 is 1.43 bits per heavy atom. The summed E-state index contributed by atoms with van der Waals surface area (Å²) >= 11 is 0. The zero-order valence-corrected chi connectivity index (χ0v) is 7.17. The molecule has 0 fully saturated rings. The fourth-order valence-electron chi connectivity index (χ4n) is 1.51. The van der Waals surface area contributed by atoms with Crippen molar-refractivity contribution in [2.45, 2.75) is 6.61 Å². The quantitative estimate of drug-likeness (QED) is 0.502. The molecule has 74 valence electrons. The highest BCUT2D eigenvalue weighted by Gasteiger charge is 2.31. The standard InChI is InChI=1S/C8H8BO5/c10-8(11)5-1-2-6-4-14-9(12,13)7(6)3-5/h1-3,12-13H,4H2,(H,10,11)/q-1. The van der Waals surface area contributed by atoms with E-state index in [1.807, 2.05) is 0 Å². The average Bonchev–Trinajstić information content (AvgIpc) is 2.42. The topological polar surface area (TPSA) is 87.0 Å². The Labute approximate surface area is 79.6 Å². The van der Waals surface area contributed by atoms with E-state index in [9.17, 15) is 14.8 Å². The van der Waals surface area contributed by atoms with Crippen LogP contribution in [0.2, 0.25) is 0 Å². The SMILES string of the molecule is O=C(O)c1ccc2c(c1)[B-](O)(O)OC2. The molecule has 1 aliphatic heterocycles. The third kappa shape index (κ3) is 1.29. The van der Waals surface area contributed by atoms with Crippen LogP contribution in [0.1, 0.15) is 15.9 Å². The Bertz CT molecular complexity index is 401. The first kappa shape index (κ1) is 9.20. The van der Waals surface area contributed by atoms with Crippen molar-refractivity contribution in [1.82, 2.24) is 0 Å². The lowest BCUT2D eigenvalue weighted by Crippen LogP contribution is -2.47. The van der Waals surface area contributed by atoms with Gasteiger partial charge in [-0.05, 0) is 6.07 Å². The Balaban J connectivity index is 2.53. The first-order valence-electron chi connectivity index (χ1n) is 4.10. The van der Waals surface area contributed by atoms with E-state index in [0.29, 0.717) is 5.56 Å². The number of fused-ring (bicyclic) bond motifs is 1. The highest BCUT2D eigenvalue weighted by Crippen LogP contribution is 2.16. The van der Waals surface area contributed by atoms with Crippen LogP contribution in [0.3, 0.4) is 0 Å². The highest BCUT2D eigenvalue weighted by atomic mass is 16.6. The van der Waals surface area contributed by atoms with Crippen LogP contribution >= 0.6 is 0 Å². The molecule has 0 aromatic heterocycles. The number of benzene rings is 1. The summed E-state index contributed by atoms with van der Waals surface area (Å²) in [5.74, 6) is -1.11. The van der Waals surface area contributed by atoms with Crippen molar-refractivity contribution in [2.75, 3.05) is 0 Å². The minimum atomic E-state index is -3.01. The van der Waals surface area contributed by atoms with E-state index in [4.69, 9.17) is 9.76 Å². The van der Waals surface area contributed by atoms with Gasteiger partial charge in [0.25, 0.3) is 0 Å². The first-order chi connectivity index (χ1) is 6.50. The third-order valence-corrected chi connectivity index (χ3v) is 2.27. The maximum absolute atomic E-state index is 10.6. The molecule has 3 N–H and O–H groups in total. The van der Waals surface area contributed by atoms with Gasteiger partial charge in [-0.25, -0.2) is 4.79 Å². The van der Waals surface area contributed by atoms with Gasteiger partial charge in [0.1, 0.15) is 0 Å². The second-order valence-corrected chi connectivity index (χ2v) is 3.23. The largest absolute Gasteiger partial charge is 0.556 e. The minimum absolute atomic E-state index is 0.0172. The van der Waals surface area contributed by atoms with Gasteiger partial charge in [-0.3, -0.25) is 0 Å². The van der Waals surface area contributed by atoms with Crippen molar-refractivity contribution in [1.29, 1.82) is 0 Å². The van der Waals surface area contributed by atoms with Crippen LogP contribution in [0.25, 0.3) is 0 Å². The molecule has 0 aliphatic carbocycles. The number of carbonyl (C=O) groups is 1. The molecule has 0 bridgehead atoms. The molecule has 0 saturated heterocycles. The second-order valence-electron chi connectivity index (χ2n) is 3.23. The van der Waals surface area contributed by atoms with Gasteiger partial charge < -0.3 is 19.8 Å². The minimum Gasteiger partial charge on any atom is -0.556 e. The monoisotopic (exact) mass is 195 g/mol. The zero-order chi connectivity index (χ0) is 10.3. The van der Waals surface area contributed by atoms with Crippen LogP contribution in [0.15, 0.2) is 18.2 Å². The first-order valence-corrected chi connectivity index (χ1v) is 4.10. The number of hydrogen-bond acceptors (Lipinski definition) is 4. The van der Waals surface area contributed by atoms with E-state index >= 15 is 0 Å². The van der Waals surface area contributed by atoms with Crippen LogP contribution in [-0.2, 0) is 11.3 Å². The Kier molecular flexibility index (Phi) is 1.85. The molecule has 1 heterocycles. The molecule has 1 aromatic rings. The summed E-state index contributed by atoms with van der Waals surface area (Å²) in [6.07, 6.45) is 0. The van der Waals surface area contributed by atoms with Crippen molar-refractivity contribution in [3.63, 3.8) is 0 Å². The van der Waals surface area contributed by atoms with Gasteiger partial charge in [-0.15, -0.1) is 5.46 Å². The van der Waals surface area contributed by atoms with Crippen molar-refractivity contribution in [2.24, 2.45) is 0 Å². The summed E-state index contributed by atoms with van der Waals surface area (Å²) in [6.45, 7) is -2.91. The van der Waals surface area contributed by atoms with Crippen molar-refractivity contribution >= 4 is 18.2 Å². The molecule has 0 atom stereocenters. The summed E-state index contributed by atoms with van der Waals surface area (Å²) in [5, 5.41) is 27.4. The van der Waals surface area contributed by atoms with Gasteiger partial charge in [0.15, 0.2) is 0 Å². The predicted octanol–water partition coefficient (Wildman–Crippen LogP) is -0.955. The van der Waals surface area contributed by atoms with Crippen LogP contribution < -0.4 is 5.46 Å². The second kappa shape index (κ2) is 2.81. The molecule has 0 unspecified atom stereocenters. The molecule has 5 nitrogen and oxygen atoms in total. The molecule has 14 heavy (non-hydrogen) atoms. The maximum Gasteiger partial charge on any atom is 0.405 e. The summed E-state index contributed by atoms with van der Waals surface area (Å²) in [6, 6.07) is 4.15. The van der Waals surface area contributed by atoms with Crippen molar-refractivity contribution in [3.8, 4) is 0 Å². The molecular formula is C8H8BO5-. The molecule has 2 rings (SSSR count). The fourth-order valence-corrected chi connectivity index (χ4v) is 1.51. The molecule has 0 amide bonds. The van der Waals surface area contributed by atoms with Gasteiger partial charge in [-0.2, -0.15) is 0 Å². The summed E-state index contributed by atoms with van der Waals surface area (Å²) in [4.78, 5) is 10.6. The van der Waals surface area contributed by atoms with E-state index in [1.54, 1.807) is 0 Å². The van der Waals surface area contributed by atoms with Crippen LogP contribution in [0.4, 0.5) is 0 Å². The molecule has 6 heteroatoms. The van der Waals surface area contributed by atoms with Gasteiger partial charge in [-0.1, -0.05) is 17.7 Å². The van der Waals surface area contributed by atoms with Gasteiger partial charge in [0, 0.05) is 6.61 Å². The van der Waals surface area contributed by atoms with Gasteiger partial charge in [0.05, 0.1) is 5.56 Å². The Morgan fingerprint density at radius 3 is 2.79 bits per heavy atom. The molecule has 0 radical (unpaired) electrons. The van der Waals surface area contributed by atoms with E-state index in [1.165, 1.54) is 18.2 Å². The molecule has 1 aliphatic rings. The van der Waals surface area contributed by atoms with Crippen LogP contribution in [0, 0.1) is 0 Å². The predicted molar refractivity (Wildman–Crippen MR) is 48.0 cm³/mol. The lowest BCUT2D eigenvalue weighted by molar-refractivity contribution is 0.0697. The Morgan fingerprint density at radius 2 is 2.14 bits per heavy atom. The Hall–Kier alpha value is -1.37. The van der Waals surface area contributed by atoms with Crippen molar-refractivity contribution in [3.05, 3.63) is 29.3 Å². The molecule has 0 spiro atoms. The lowest BCUT2D eigenvalue weighted by Gasteiger charge is -2.22. The normalized spacial score (nSPS) is 17.9. The maximum atomic E-state index is 10.6. The average molecular weight is 195 g/mol. The van der Waals surface area contributed by atoms with E-state index in [2.05, 4.69) is 0 Å². The summed E-state index contributed by atoms with van der Waals surface area (Å²) in [7, 11) is 0. The third-order valence-electron chi connectivity index (χ3n) is 2.27. The fraction of sp³-hybridized carbons (Fsp3) is 0.125. The number of rotatable bonds is 1. The number of hydrogen-bond donors (Lipinski definition) is 3. The summed E-state index contributed by atoms with van der Waals surface area (Å²) in [5.41, 5.74) is 0.786. The number of carboxylic acid groups (broad SMARTS) is 1.